The van der Waals surface area contributed by atoms with E-state index in [0.717, 1.165) is 5.69 Å². The predicted molar refractivity (Wildman–Crippen MR) is 118 cm³/mol. The molecule has 1 saturated heterocycles. The van der Waals surface area contributed by atoms with E-state index in [0.29, 0.717) is 50.1 Å². The van der Waals surface area contributed by atoms with Crippen molar-refractivity contribution < 1.29 is 18.7 Å². The third-order valence-corrected chi connectivity index (χ3v) is 5.18. The molecular formula is C22H26FN3O3S. The molecule has 2 aromatic rings. The summed E-state index contributed by atoms with van der Waals surface area (Å²) in [5, 5.41) is 3.68. The molecule has 1 heterocycles. The standard InChI is InChI=1S/C22H26FN3O3S/c1-28-13-11-25(21(27)17-5-3-2-4-6-17)15-20-16-26(12-14-29-20)22(30)24-19-9-7-18(23)8-10-19/h2-10,20H,11-16H2,1H3,(H,24,30)/t20-/m1/s1. The lowest BCUT2D eigenvalue weighted by Crippen LogP contribution is -2.52. The van der Waals surface area contributed by atoms with Crippen LogP contribution in [0.1, 0.15) is 10.4 Å². The summed E-state index contributed by atoms with van der Waals surface area (Å²) < 4.78 is 24.2. The number of nitrogens with zero attached hydrogens (tertiary/aromatic N) is 2. The van der Waals surface area contributed by atoms with Gasteiger partial charge in [0, 0.05) is 44.5 Å². The van der Waals surface area contributed by atoms with Gasteiger partial charge in [-0.15, -0.1) is 0 Å². The Morgan fingerprint density at radius 1 is 1.27 bits per heavy atom. The Labute approximate surface area is 181 Å². The molecule has 0 aliphatic carbocycles. The Balaban J connectivity index is 1.61. The fourth-order valence-corrected chi connectivity index (χ4v) is 3.52. The van der Waals surface area contributed by atoms with Gasteiger partial charge < -0.3 is 24.6 Å². The molecule has 1 atom stereocenters. The van der Waals surface area contributed by atoms with Crippen LogP contribution in [0, 0.1) is 5.82 Å². The highest BCUT2D eigenvalue weighted by atomic mass is 32.1. The van der Waals surface area contributed by atoms with Crippen LogP contribution < -0.4 is 5.32 Å². The van der Waals surface area contributed by atoms with Gasteiger partial charge in [-0.3, -0.25) is 4.79 Å². The number of anilines is 1. The summed E-state index contributed by atoms with van der Waals surface area (Å²) in [5.74, 6) is -0.350. The van der Waals surface area contributed by atoms with Crippen LogP contribution >= 0.6 is 12.2 Å². The number of rotatable bonds is 7. The number of hydrogen-bond donors (Lipinski definition) is 1. The lowest BCUT2D eigenvalue weighted by atomic mass is 10.1. The molecule has 3 rings (SSSR count). The average molecular weight is 432 g/mol. The zero-order chi connectivity index (χ0) is 21.3. The molecule has 0 saturated carbocycles. The van der Waals surface area contributed by atoms with E-state index >= 15 is 0 Å². The van der Waals surface area contributed by atoms with Gasteiger partial charge in [-0.1, -0.05) is 18.2 Å². The minimum absolute atomic E-state index is 0.0552. The molecule has 6 nitrogen and oxygen atoms in total. The van der Waals surface area contributed by atoms with Crippen molar-refractivity contribution in [3.05, 3.63) is 66.0 Å². The third-order valence-electron chi connectivity index (χ3n) is 4.82. The van der Waals surface area contributed by atoms with Gasteiger partial charge in [0.15, 0.2) is 5.11 Å². The summed E-state index contributed by atoms with van der Waals surface area (Å²) in [6.45, 7) is 3.06. The zero-order valence-corrected chi connectivity index (χ0v) is 17.7. The second-order valence-corrected chi connectivity index (χ2v) is 7.37. The van der Waals surface area contributed by atoms with Crippen molar-refractivity contribution in [3.63, 3.8) is 0 Å². The summed E-state index contributed by atoms with van der Waals surface area (Å²) in [6.07, 6.45) is -0.184. The molecule has 1 fully saturated rings. The van der Waals surface area contributed by atoms with E-state index in [-0.39, 0.29) is 17.8 Å². The largest absolute Gasteiger partial charge is 0.383 e. The number of halogens is 1. The van der Waals surface area contributed by atoms with Gasteiger partial charge in [0.25, 0.3) is 5.91 Å². The van der Waals surface area contributed by atoms with Crippen molar-refractivity contribution in [2.24, 2.45) is 0 Å². The van der Waals surface area contributed by atoms with Crippen LogP contribution in [0.4, 0.5) is 10.1 Å². The normalized spacial score (nSPS) is 16.2. The molecule has 160 valence electrons. The summed E-state index contributed by atoms with van der Waals surface area (Å²) in [7, 11) is 1.61. The molecular weight excluding hydrogens is 405 g/mol. The van der Waals surface area contributed by atoms with Gasteiger partial charge in [0.05, 0.1) is 19.3 Å². The summed E-state index contributed by atoms with van der Waals surface area (Å²) >= 11 is 5.52. The van der Waals surface area contributed by atoms with Crippen LogP contribution in [0.5, 0.6) is 0 Å². The highest BCUT2D eigenvalue weighted by Gasteiger charge is 2.26. The first kappa shape index (κ1) is 22.1. The number of ether oxygens (including phenoxy) is 2. The number of amides is 1. The highest BCUT2D eigenvalue weighted by molar-refractivity contribution is 7.80. The van der Waals surface area contributed by atoms with E-state index < -0.39 is 0 Å². The summed E-state index contributed by atoms with van der Waals surface area (Å²) in [4.78, 5) is 16.7. The van der Waals surface area contributed by atoms with Crippen LogP contribution in [0.25, 0.3) is 0 Å². The van der Waals surface area contributed by atoms with Crippen molar-refractivity contribution in [1.82, 2.24) is 9.80 Å². The maximum atomic E-state index is 13.1. The number of nitrogens with one attached hydrogen (secondary N) is 1. The Morgan fingerprint density at radius 3 is 2.70 bits per heavy atom. The minimum Gasteiger partial charge on any atom is -0.383 e. The lowest BCUT2D eigenvalue weighted by molar-refractivity contribution is -0.0225. The number of carbonyl (C=O) groups is 1. The van der Waals surface area contributed by atoms with Gasteiger partial charge in [-0.05, 0) is 48.6 Å². The van der Waals surface area contributed by atoms with Gasteiger partial charge in [-0.2, -0.15) is 0 Å². The van der Waals surface area contributed by atoms with Crippen molar-refractivity contribution in [2.45, 2.75) is 6.10 Å². The number of benzene rings is 2. The van der Waals surface area contributed by atoms with Crippen molar-refractivity contribution >= 4 is 28.9 Å². The van der Waals surface area contributed by atoms with E-state index in [1.807, 2.05) is 23.1 Å². The van der Waals surface area contributed by atoms with Crippen LogP contribution in [0.2, 0.25) is 0 Å². The van der Waals surface area contributed by atoms with Gasteiger partial charge in [-0.25, -0.2) is 4.39 Å². The SMILES string of the molecule is COCCN(C[C@@H]1CN(C(=S)Nc2ccc(F)cc2)CCO1)C(=O)c1ccccc1. The zero-order valence-electron chi connectivity index (χ0n) is 16.9. The van der Waals surface area contributed by atoms with E-state index in [4.69, 9.17) is 21.7 Å². The van der Waals surface area contributed by atoms with E-state index in [9.17, 15) is 9.18 Å². The third kappa shape index (κ3) is 6.22. The molecule has 1 aliphatic rings. The molecule has 0 aromatic heterocycles. The number of carbonyl (C=O) groups excluding carboxylic acids is 1. The van der Waals surface area contributed by atoms with Crippen LogP contribution in [0.3, 0.4) is 0 Å². The topological polar surface area (TPSA) is 54.0 Å². The fourth-order valence-electron chi connectivity index (χ4n) is 3.24. The predicted octanol–water partition coefficient (Wildman–Crippen LogP) is 3.01. The Morgan fingerprint density at radius 2 is 2.00 bits per heavy atom. The molecule has 2 aromatic carbocycles. The first-order valence-electron chi connectivity index (χ1n) is 9.83. The first-order valence-corrected chi connectivity index (χ1v) is 10.2. The van der Waals surface area contributed by atoms with Gasteiger partial charge in [0.2, 0.25) is 0 Å². The van der Waals surface area contributed by atoms with Gasteiger partial charge in [0.1, 0.15) is 5.82 Å². The molecule has 0 radical (unpaired) electrons. The monoisotopic (exact) mass is 431 g/mol. The van der Waals surface area contributed by atoms with Crippen LogP contribution in [-0.2, 0) is 9.47 Å². The number of morpholine rings is 1. The molecule has 0 bridgehead atoms. The first-order chi connectivity index (χ1) is 14.6. The molecule has 8 heteroatoms. The van der Waals surface area contributed by atoms with Gasteiger partial charge >= 0.3 is 0 Å². The molecule has 1 aliphatic heterocycles. The van der Waals surface area contributed by atoms with Crippen molar-refractivity contribution in [2.75, 3.05) is 51.8 Å². The quantitative estimate of drug-likeness (QED) is 0.681. The molecule has 1 N–H and O–H groups in total. The minimum atomic E-state index is -0.294. The lowest BCUT2D eigenvalue weighted by Gasteiger charge is -2.37. The van der Waals surface area contributed by atoms with E-state index in [2.05, 4.69) is 5.32 Å². The molecule has 1 amide bonds. The van der Waals surface area contributed by atoms with Crippen LogP contribution in [0.15, 0.2) is 54.6 Å². The second-order valence-electron chi connectivity index (χ2n) is 6.99. The Bertz CT molecular complexity index is 835. The summed E-state index contributed by atoms with van der Waals surface area (Å²) in [5.41, 5.74) is 1.36. The maximum absolute atomic E-state index is 13.1. The second kappa shape index (κ2) is 11.0. The average Bonchev–Trinajstić information content (AvgIpc) is 2.78. The Kier molecular flexibility index (Phi) is 8.12. The number of thiocarbonyl (C=S) groups is 1. The Hall–Kier alpha value is -2.55. The van der Waals surface area contributed by atoms with Crippen LogP contribution in [-0.4, -0.2) is 73.4 Å². The van der Waals surface area contributed by atoms with E-state index in [1.54, 1.807) is 36.3 Å². The highest BCUT2D eigenvalue weighted by Crippen LogP contribution is 2.14. The van der Waals surface area contributed by atoms with E-state index in [1.165, 1.54) is 12.1 Å². The smallest absolute Gasteiger partial charge is 0.254 e. The number of hydrogen-bond acceptors (Lipinski definition) is 4. The maximum Gasteiger partial charge on any atom is 0.254 e. The molecule has 0 spiro atoms. The van der Waals surface area contributed by atoms with Crippen molar-refractivity contribution in [1.29, 1.82) is 0 Å². The summed E-state index contributed by atoms with van der Waals surface area (Å²) in [6, 6.07) is 15.2. The molecule has 30 heavy (non-hydrogen) atoms. The fraction of sp³-hybridized carbons (Fsp3) is 0.364. The molecule has 0 unspecified atom stereocenters. The van der Waals surface area contributed by atoms with Crippen molar-refractivity contribution in [3.8, 4) is 0 Å². The number of methoxy groups -OCH3 is 1.